The molecule has 0 unspecified atom stereocenters. The molecular weight excluding hydrogens is 230 g/mol. The van der Waals surface area contributed by atoms with E-state index in [1.165, 1.54) is 12.8 Å². The summed E-state index contributed by atoms with van der Waals surface area (Å²) >= 11 is 0. The first kappa shape index (κ1) is 13.2. The van der Waals surface area contributed by atoms with Crippen molar-refractivity contribution in [2.75, 3.05) is 27.4 Å². The maximum atomic E-state index is 5.61. The zero-order valence-electron chi connectivity index (χ0n) is 11.1. The van der Waals surface area contributed by atoms with Gasteiger partial charge in [-0.2, -0.15) is 0 Å². The molecule has 4 nitrogen and oxygen atoms in total. The van der Waals surface area contributed by atoms with E-state index >= 15 is 0 Å². The molecule has 1 aliphatic heterocycles. The van der Waals surface area contributed by atoms with Crippen molar-refractivity contribution in [3.63, 3.8) is 0 Å². The van der Waals surface area contributed by atoms with E-state index in [1.807, 2.05) is 12.1 Å². The van der Waals surface area contributed by atoms with Crippen molar-refractivity contribution in [2.45, 2.75) is 25.5 Å². The lowest BCUT2D eigenvalue weighted by molar-refractivity contribution is -0.676. The zero-order chi connectivity index (χ0) is 12.8. The van der Waals surface area contributed by atoms with E-state index in [1.54, 1.807) is 14.2 Å². The second kappa shape index (κ2) is 6.61. The third-order valence-corrected chi connectivity index (χ3v) is 3.30. The summed E-state index contributed by atoms with van der Waals surface area (Å²) in [5, 5.41) is 2.27. The molecule has 0 aliphatic carbocycles. The minimum absolute atomic E-state index is 0.418. The SMILES string of the molecule is COc1cccc(C[NH2+]C[C@H]2CCCO2)c1OC. The van der Waals surface area contributed by atoms with E-state index in [4.69, 9.17) is 14.2 Å². The van der Waals surface area contributed by atoms with E-state index < -0.39 is 0 Å². The largest absolute Gasteiger partial charge is 0.493 e. The van der Waals surface area contributed by atoms with Crippen LogP contribution in [-0.2, 0) is 11.3 Å². The number of hydrogen-bond donors (Lipinski definition) is 1. The van der Waals surface area contributed by atoms with E-state index in [0.717, 1.165) is 36.8 Å². The van der Waals surface area contributed by atoms with Crippen LogP contribution in [0.25, 0.3) is 0 Å². The number of methoxy groups -OCH3 is 2. The summed E-state index contributed by atoms with van der Waals surface area (Å²) in [5.41, 5.74) is 1.16. The Labute approximate surface area is 108 Å². The fourth-order valence-electron chi connectivity index (χ4n) is 2.37. The summed E-state index contributed by atoms with van der Waals surface area (Å²) in [5.74, 6) is 1.63. The van der Waals surface area contributed by atoms with Crippen molar-refractivity contribution in [1.29, 1.82) is 0 Å². The van der Waals surface area contributed by atoms with Gasteiger partial charge in [0.05, 0.1) is 19.8 Å². The zero-order valence-corrected chi connectivity index (χ0v) is 11.1. The molecule has 0 amide bonds. The molecule has 1 aromatic rings. The number of benzene rings is 1. The number of hydrogen-bond acceptors (Lipinski definition) is 3. The average Bonchev–Trinajstić information content (AvgIpc) is 2.91. The summed E-state index contributed by atoms with van der Waals surface area (Å²) in [6.45, 7) is 2.82. The van der Waals surface area contributed by atoms with Crippen molar-refractivity contribution in [3.8, 4) is 11.5 Å². The van der Waals surface area contributed by atoms with Crippen molar-refractivity contribution in [3.05, 3.63) is 23.8 Å². The van der Waals surface area contributed by atoms with E-state index in [-0.39, 0.29) is 0 Å². The van der Waals surface area contributed by atoms with Crippen LogP contribution in [0.3, 0.4) is 0 Å². The molecule has 0 bridgehead atoms. The molecule has 1 aliphatic rings. The third-order valence-electron chi connectivity index (χ3n) is 3.30. The van der Waals surface area contributed by atoms with Crippen LogP contribution < -0.4 is 14.8 Å². The summed E-state index contributed by atoms with van der Waals surface area (Å²) in [6, 6.07) is 5.99. The van der Waals surface area contributed by atoms with E-state index in [2.05, 4.69) is 11.4 Å². The predicted octanol–water partition coefficient (Wildman–Crippen LogP) is 0.946. The van der Waals surface area contributed by atoms with Gasteiger partial charge in [-0.3, -0.25) is 0 Å². The lowest BCUT2D eigenvalue weighted by Crippen LogP contribution is -2.84. The molecule has 0 aromatic heterocycles. The second-order valence-electron chi connectivity index (χ2n) is 4.52. The van der Waals surface area contributed by atoms with Gasteiger partial charge in [0.2, 0.25) is 0 Å². The van der Waals surface area contributed by atoms with Gasteiger partial charge in [-0.05, 0) is 25.0 Å². The van der Waals surface area contributed by atoms with Crippen LogP contribution >= 0.6 is 0 Å². The van der Waals surface area contributed by atoms with Gasteiger partial charge >= 0.3 is 0 Å². The first-order valence-corrected chi connectivity index (χ1v) is 6.48. The maximum absolute atomic E-state index is 5.61. The Hall–Kier alpha value is -1.26. The molecule has 0 saturated carbocycles. The molecule has 2 rings (SSSR count). The highest BCUT2D eigenvalue weighted by Crippen LogP contribution is 2.29. The fraction of sp³-hybridized carbons (Fsp3) is 0.571. The van der Waals surface area contributed by atoms with Crippen LogP contribution in [0.1, 0.15) is 18.4 Å². The molecule has 1 heterocycles. The van der Waals surface area contributed by atoms with Crippen LogP contribution in [0.5, 0.6) is 11.5 Å². The second-order valence-corrected chi connectivity index (χ2v) is 4.52. The van der Waals surface area contributed by atoms with Gasteiger partial charge in [0, 0.05) is 6.61 Å². The quantitative estimate of drug-likeness (QED) is 0.819. The molecular formula is C14H22NO3+. The monoisotopic (exact) mass is 252 g/mol. The van der Waals surface area contributed by atoms with Gasteiger partial charge in [0.25, 0.3) is 0 Å². The molecule has 4 heteroatoms. The lowest BCUT2D eigenvalue weighted by atomic mass is 10.1. The van der Waals surface area contributed by atoms with Gasteiger partial charge < -0.3 is 19.5 Å². The number of nitrogens with two attached hydrogens (primary N) is 1. The summed E-state index contributed by atoms with van der Waals surface area (Å²) < 4.78 is 16.3. The van der Waals surface area contributed by atoms with Crippen LogP contribution in [0.4, 0.5) is 0 Å². The third kappa shape index (κ3) is 3.15. The minimum Gasteiger partial charge on any atom is -0.493 e. The molecule has 0 radical (unpaired) electrons. The first-order valence-electron chi connectivity index (χ1n) is 6.48. The Balaban J connectivity index is 1.91. The van der Waals surface area contributed by atoms with E-state index in [9.17, 15) is 0 Å². The summed E-state index contributed by atoms with van der Waals surface area (Å²) in [7, 11) is 3.35. The van der Waals surface area contributed by atoms with Gasteiger partial charge in [0.15, 0.2) is 11.5 Å². The predicted molar refractivity (Wildman–Crippen MR) is 69.0 cm³/mol. The topological polar surface area (TPSA) is 44.3 Å². The van der Waals surface area contributed by atoms with Gasteiger partial charge in [0.1, 0.15) is 19.2 Å². The highest BCUT2D eigenvalue weighted by atomic mass is 16.5. The molecule has 1 aromatic carbocycles. The summed E-state index contributed by atoms with van der Waals surface area (Å²) in [4.78, 5) is 0. The van der Waals surface area contributed by atoms with Crippen LogP contribution in [0.2, 0.25) is 0 Å². The molecule has 100 valence electrons. The molecule has 1 atom stereocenters. The lowest BCUT2D eigenvalue weighted by Gasteiger charge is -2.12. The maximum Gasteiger partial charge on any atom is 0.169 e. The highest BCUT2D eigenvalue weighted by molar-refractivity contribution is 5.46. The van der Waals surface area contributed by atoms with E-state index in [0.29, 0.717) is 6.10 Å². The number of rotatable bonds is 6. The smallest absolute Gasteiger partial charge is 0.169 e. The Morgan fingerprint density at radius 1 is 1.33 bits per heavy atom. The van der Waals surface area contributed by atoms with Crippen LogP contribution in [-0.4, -0.2) is 33.5 Å². The molecule has 0 spiro atoms. The van der Waals surface area contributed by atoms with Crippen molar-refractivity contribution >= 4 is 0 Å². The minimum atomic E-state index is 0.418. The van der Waals surface area contributed by atoms with Crippen LogP contribution in [0.15, 0.2) is 18.2 Å². The molecule has 1 saturated heterocycles. The van der Waals surface area contributed by atoms with Crippen molar-refractivity contribution < 1.29 is 19.5 Å². The summed E-state index contributed by atoms with van der Waals surface area (Å²) in [6.07, 6.45) is 2.80. The Morgan fingerprint density at radius 2 is 2.22 bits per heavy atom. The standard InChI is InChI=1S/C14H21NO3/c1-16-13-7-3-5-11(14(13)17-2)9-15-10-12-6-4-8-18-12/h3,5,7,12,15H,4,6,8-10H2,1-2H3/p+1/t12-/m1/s1. The fourth-order valence-corrected chi connectivity index (χ4v) is 2.37. The van der Waals surface area contributed by atoms with Crippen molar-refractivity contribution in [1.82, 2.24) is 0 Å². The Bertz CT molecular complexity index is 375. The molecule has 1 fully saturated rings. The van der Waals surface area contributed by atoms with Gasteiger partial charge in [-0.15, -0.1) is 0 Å². The average molecular weight is 252 g/mol. The Kier molecular flexibility index (Phi) is 4.84. The normalized spacial score (nSPS) is 18.9. The molecule has 18 heavy (non-hydrogen) atoms. The highest BCUT2D eigenvalue weighted by Gasteiger charge is 2.17. The molecule has 2 N–H and O–H groups in total. The number of quaternary nitrogens is 1. The number of ether oxygens (including phenoxy) is 3. The van der Waals surface area contributed by atoms with Crippen LogP contribution in [0, 0.1) is 0 Å². The van der Waals surface area contributed by atoms with Gasteiger partial charge in [-0.1, -0.05) is 6.07 Å². The van der Waals surface area contributed by atoms with Crippen molar-refractivity contribution in [2.24, 2.45) is 0 Å². The first-order chi connectivity index (χ1) is 8.85. The Morgan fingerprint density at radius 3 is 2.89 bits per heavy atom. The van der Waals surface area contributed by atoms with Gasteiger partial charge in [-0.25, -0.2) is 0 Å². The number of para-hydroxylation sites is 1.